The highest BCUT2D eigenvalue weighted by Crippen LogP contribution is 2.16. The Morgan fingerprint density at radius 2 is 1.52 bits per heavy atom. The number of hydrazone groups is 1. The van der Waals surface area contributed by atoms with Crippen LogP contribution in [0.3, 0.4) is 0 Å². The summed E-state index contributed by atoms with van der Waals surface area (Å²) < 4.78 is 1.08. The molecule has 21 heavy (non-hydrogen) atoms. The number of para-hydroxylation sites is 1. The maximum atomic E-state index is 4.59. The fourth-order valence-electron chi connectivity index (χ4n) is 2.43. The van der Waals surface area contributed by atoms with Gasteiger partial charge in [0.25, 0.3) is 0 Å². The first-order chi connectivity index (χ1) is 10.3. The molecule has 4 heteroatoms. The Hall–Kier alpha value is -1.81. The molecule has 0 aliphatic carbocycles. The highest BCUT2D eigenvalue weighted by Gasteiger charge is 2.15. The molecule has 0 bridgehead atoms. The Kier molecular flexibility index (Phi) is 4.55. The predicted molar refractivity (Wildman–Crippen MR) is 92.0 cm³/mol. The van der Waals surface area contributed by atoms with Crippen LogP contribution >= 0.6 is 15.9 Å². The van der Waals surface area contributed by atoms with Gasteiger partial charge in [0.2, 0.25) is 0 Å². The van der Waals surface area contributed by atoms with Gasteiger partial charge in [0.15, 0.2) is 0 Å². The molecule has 0 N–H and O–H groups in total. The summed E-state index contributed by atoms with van der Waals surface area (Å²) >= 11 is 3.54. The highest BCUT2D eigenvalue weighted by atomic mass is 79.9. The summed E-state index contributed by atoms with van der Waals surface area (Å²) in [5, 5.41) is 6.73. The van der Waals surface area contributed by atoms with Crippen LogP contribution in [0.25, 0.3) is 0 Å². The molecule has 1 fully saturated rings. The van der Waals surface area contributed by atoms with Gasteiger partial charge in [-0.05, 0) is 18.2 Å². The lowest BCUT2D eigenvalue weighted by molar-refractivity contribution is 0.272. The van der Waals surface area contributed by atoms with E-state index < -0.39 is 0 Å². The maximum absolute atomic E-state index is 4.59. The van der Waals surface area contributed by atoms with Gasteiger partial charge in [-0.1, -0.05) is 52.3 Å². The monoisotopic (exact) mass is 343 g/mol. The SMILES string of the molecule is Brc1ccccc1/C=N/N1CCN(c2ccccc2)CC1. The summed E-state index contributed by atoms with van der Waals surface area (Å²) in [6.45, 7) is 3.93. The first kappa shape index (κ1) is 14.1. The van der Waals surface area contributed by atoms with E-state index >= 15 is 0 Å². The van der Waals surface area contributed by atoms with Gasteiger partial charge >= 0.3 is 0 Å². The Bertz CT molecular complexity index is 604. The first-order valence-corrected chi connectivity index (χ1v) is 7.96. The zero-order valence-corrected chi connectivity index (χ0v) is 13.4. The number of hydrogen-bond donors (Lipinski definition) is 0. The lowest BCUT2D eigenvalue weighted by Gasteiger charge is -2.34. The molecule has 3 rings (SSSR count). The number of halogens is 1. The molecule has 2 aromatic carbocycles. The van der Waals surface area contributed by atoms with Crippen molar-refractivity contribution in [3.63, 3.8) is 0 Å². The largest absolute Gasteiger partial charge is 0.368 e. The lowest BCUT2D eigenvalue weighted by Crippen LogP contribution is -2.44. The van der Waals surface area contributed by atoms with Crippen molar-refractivity contribution in [1.82, 2.24) is 5.01 Å². The quantitative estimate of drug-likeness (QED) is 0.793. The lowest BCUT2D eigenvalue weighted by atomic mass is 10.2. The molecule has 0 radical (unpaired) electrons. The number of hydrogen-bond acceptors (Lipinski definition) is 3. The molecular formula is C17H18BrN3. The van der Waals surface area contributed by atoms with E-state index in [9.17, 15) is 0 Å². The van der Waals surface area contributed by atoms with Gasteiger partial charge in [-0.2, -0.15) is 5.10 Å². The molecule has 2 aromatic rings. The maximum Gasteiger partial charge on any atom is 0.0554 e. The van der Waals surface area contributed by atoms with Crippen molar-refractivity contribution in [2.45, 2.75) is 0 Å². The van der Waals surface area contributed by atoms with Crippen LogP contribution in [0.5, 0.6) is 0 Å². The molecule has 3 nitrogen and oxygen atoms in total. The van der Waals surface area contributed by atoms with Gasteiger partial charge in [0.05, 0.1) is 19.3 Å². The van der Waals surface area contributed by atoms with Crippen molar-refractivity contribution in [2.24, 2.45) is 5.10 Å². The van der Waals surface area contributed by atoms with Crippen molar-refractivity contribution in [2.75, 3.05) is 31.1 Å². The minimum Gasteiger partial charge on any atom is -0.368 e. The first-order valence-electron chi connectivity index (χ1n) is 7.16. The molecule has 0 aromatic heterocycles. The molecule has 1 heterocycles. The van der Waals surface area contributed by atoms with E-state index in [-0.39, 0.29) is 0 Å². The fourth-order valence-corrected chi connectivity index (χ4v) is 2.82. The van der Waals surface area contributed by atoms with Crippen molar-refractivity contribution < 1.29 is 0 Å². The van der Waals surface area contributed by atoms with Crippen LogP contribution in [0.15, 0.2) is 64.2 Å². The molecule has 0 atom stereocenters. The second kappa shape index (κ2) is 6.76. The average molecular weight is 344 g/mol. The third-order valence-electron chi connectivity index (χ3n) is 3.64. The second-order valence-corrected chi connectivity index (χ2v) is 5.90. The van der Waals surface area contributed by atoms with Gasteiger partial charge in [-0.15, -0.1) is 0 Å². The predicted octanol–water partition coefficient (Wildman–Crippen LogP) is 3.61. The summed E-state index contributed by atoms with van der Waals surface area (Å²) in [6.07, 6.45) is 1.93. The van der Waals surface area contributed by atoms with Crippen molar-refractivity contribution in [3.05, 3.63) is 64.6 Å². The normalized spacial score (nSPS) is 15.7. The minimum atomic E-state index is 0.954. The number of piperazine rings is 1. The van der Waals surface area contributed by atoms with E-state index in [1.54, 1.807) is 0 Å². The highest BCUT2D eigenvalue weighted by molar-refractivity contribution is 9.10. The van der Waals surface area contributed by atoms with E-state index in [1.165, 1.54) is 5.69 Å². The Labute approximate surface area is 134 Å². The van der Waals surface area contributed by atoms with E-state index in [0.29, 0.717) is 0 Å². The topological polar surface area (TPSA) is 18.8 Å². The standard InChI is InChI=1S/C17H18BrN3/c18-17-9-5-4-6-15(17)14-19-21-12-10-20(11-13-21)16-7-2-1-3-8-16/h1-9,14H,10-13H2/b19-14+. The van der Waals surface area contributed by atoms with Crippen molar-refractivity contribution in [1.29, 1.82) is 0 Å². The molecule has 0 spiro atoms. The van der Waals surface area contributed by atoms with Crippen molar-refractivity contribution >= 4 is 27.8 Å². The smallest absolute Gasteiger partial charge is 0.0554 e. The van der Waals surface area contributed by atoms with Crippen LogP contribution in [0, 0.1) is 0 Å². The number of anilines is 1. The molecule has 0 unspecified atom stereocenters. The average Bonchev–Trinajstić information content (AvgIpc) is 2.55. The Balaban J connectivity index is 1.58. The van der Waals surface area contributed by atoms with E-state index in [0.717, 1.165) is 36.2 Å². The third-order valence-corrected chi connectivity index (χ3v) is 4.36. The number of benzene rings is 2. The van der Waals surface area contributed by atoms with Crippen LogP contribution in [0.2, 0.25) is 0 Å². The second-order valence-electron chi connectivity index (χ2n) is 5.04. The van der Waals surface area contributed by atoms with E-state index in [4.69, 9.17) is 0 Å². The van der Waals surface area contributed by atoms with Crippen LogP contribution in [-0.4, -0.2) is 37.4 Å². The summed E-state index contributed by atoms with van der Waals surface area (Å²) in [5.74, 6) is 0. The van der Waals surface area contributed by atoms with E-state index in [2.05, 4.69) is 67.3 Å². The summed E-state index contributed by atoms with van der Waals surface area (Å²) in [5.41, 5.74) is 2.41. The minimum absolute atomic E-state index is 0.954. The summed E-state index contributed by atoms with van der Waals surface area (Å²) in [7, 11) is 0. The Morgan fingerprint density at radius 1 is 0.857 bits per heavy atom. The molecule has 0 amide bonds. The zero-order chi connectivity index (χ0) is 14.5. The Morgan fingerprint density at radius 3 is 2.24 bits per heavy atom. The molecular weight excluding hydrogens is 326 g/mol. The summed E-state index contributed by atoms with van der Waals surface area (Å²) in [6, 6.07) is 18.7. The fraction of sp³-hybridized carbons (Fsp3) is 0.235. The van der Waals surface area contributed by atoms with Crippen molar-refractivity contribution in [3.8, 4) is 0 Å². The third kappa shape index (κ3) is 3.64. The number of rotatable bonds is 3. The van der Waals surface area contributed by atoms with Crippen LogP contribution in [-0.2, 0) is 0 Å². The molecule has 0 saturated carbocycles. The molecule has 1 aliphatic heterocycles. The van der Waals surface area contributed by atoms with Gasteiger partial charge in [-0.3, -0.25) is 5.01 Å². The van der Waals surface area contributed by atoms with Crippen LogP contribution in [0.4, 0.5) is 5.69 Å². The van der Waals surface area contributed by atoms with Gasteiger partial charge < -0.3 is 4.90 Å². The molecule has 108 valence electrons. The summed E-state index contributed by atoms with van der Waals surface area (Å²) in [4.78, 5) is 2.41. The number of nitrogens with zero attached hydrogens (tertiary/aromatic N) is 3. The molecule has 1 aliphatic rings. The van der Waals surface area contributed by atoms with Crippen LogP contribution < -0.4 is 4.90 Å². The van der Waals surface area contributed by atoms with Gasteiger partial charge in [0.1, 0.15) is 0 Å². The molecule has 1 saturated heterocycles. The zero-order valence-electron chi connectivity index (χ0n) is 11.8. The van der Waals surface area contributed by atoms with Gasteiger partial charge in [-0.25, -0.2) is 0 Å². The van der Waals surface area contributed by atoms with E-state index in [1.807, 2.05) is 24.4 Å². The van der Waals surface area contributed by atoms with Gasteiger partial charge in [0, 0.05) is 28.8 Å². The van der Waals surface area contributed by atoms with Crippen LogP contribution in [0.1, 0.15) is 5.56 Å².